The molecule has 2 aliphatic rings. The third-order valence-corrected chi connectivity index (χ3v) is 6.40. The van der Waals surface area contributed by atoms with Crippen molar-refractivity contribution in [1.82, 2.24) is 9.80 Å². The molecule has 8 heteroatoms. The number of carbonyl (C=O) groups is 3. The Morgan fingerprint density at radius 2 is 1.74 bits per heavy atom. The quantitative estimate of drug-likeness (QED) is 0.530. The van der Waals surface area contributed by atoms with Gasteiger partial charge in [-0.2, -0.15) is 0 Å². The molecule has 0 saturated carbocycles. The van der Waals surface area contributed by atoms with Gasteiger partial charge < -0.3 is 15.1 Å². The molecule has 1 saturated heterocycles. The van der Waals surface area contributed by atoms with E-state index in [4.69, 9.17) is 23.2 Å². The Labute approximate surface area is 190 Å². The SMILES string of the molecule is O=C(/C=C/C(=O)N1CCC(N2Cc3ccccc3NC2=O)CC1)c1ccc(Cl)c(Cl)c1. The number of piperidine rings is 1. The number of urea groups is 1. The van der Waals surface area contributed by atoms with Crippen LogP contribution in [0.15, 0.2) is 54.6 Å². The third kappa shape index (κ3) is 4.75. The van der Waals surface area contributed by atoms with Crippen LogP contribution in [0.4, 0.5) is 10.5 Å². The maximum atomic E-state index is 12.5. The number of anilines is 1. The fourth-order valence-electron chi connectivity index (χ4n) is 3.91. The van der Waals surface area contributed by atoms with Gasteiger partial charge in [-0.1, -0.05) is 41.4 Å². The highest BCUT2D eigenvalue weighted by Gasteiger charge is 2.32. The van der Waals surface area contributed by atoms with E-state index in [1.807, 2.05) is 29.2 Å². The lowest BCUT2D eigenvalue weighted by atomic mass is 10.0. The molecule has 1 fully saturated rings. The van der Waals surface area contributed by atoms with Crippen LogP contribution in [0, 0.1) is 0 Å². The van der Waals surface area contributed by atoms with Crippen LogP contribution in [-0.4, -0.2) is 46.7 Å². The zero-order valence-corrected chi connectivity index (χ0v) is 18.2. The fourth-order valence-corrected chi connectivity index (χ4v) is 4.21. The largest absolute Gasteiger partial charge is 0.339 e. The van der Waals surface area contributed by atoms with E-state index in [1.54, 1.807) is 17.0 Å². The van der Waals surface area contributed by atoms with Crippen LogP contribution in [-0.2, 0) is 11.3 Å². The number of hydrogen-bond donors (Lipinski definition) is 1. The maximum Gasteiger partial charge on any atom is 0.322 e. The van der Waals surface area contributed by atoms with E-state index in [9.17, 15) is 14.4 Å². The highest BCUT2D eigenvalue weighted by Crippen LogP contribution is 2.27. The van der Waals surface area contributed by atoms with Crippen molar-refractivity contribution in [1.29, 1.82) is 0 Å². The standard InChI is InChI=1S/C23H21Cl2N3O3/c24-18-6-5-15(13-19(18)25)21(29)7-8-22(30)27-11-9-17(10-12-27)28-14-16-3-1-2-4-20(16)26-23(28)31/h1-8,13,17H,9-12,14H2,(H,26,31)/b8-7+. The minimum absolute atomic E-state index is 0.0687. The van der Waals surface area contributed by atoms with Crippen molar-refractivity contribution in [3.8, 4) is 0 Å². The zero-order valence-electron chi connectivity index (χ0n) is 16.7. The predicted octanol–water partition coefficient (Wildman–Crippen LogP) is 4.77. The highest BCUT2D eigenvalue weighted by molar-refractivity contribution is 6.42. The lowest BCUT2D eigenvalue weighted by molar-refractivity contribution is -0.127. The summed E-state index contributed by atoms with van der Waals surface area (Å²) < 4.78 is 0. The Kier molecular flexibility index (Phi) is 6.30. The molecule has 0 unspecified atom stereocenters. The van der Waals surface area contributed by atoms with Crippen LogP contribution in [0.5, 0.6) is 0 Å². The van der Waals surface area contributed by atoms with Gasteiger partial charge >= 0.3 is 6.03 Å². The van der Waals surface area contributed by atoms with Crippen LogP contribution in [0.2, 0.25) is 10.0 Å². The minimum atomic E-state index is -0.314. The smallest absolute Gasteiger partial charge is 0.322 e. The predicted molar refractivity (Wildman–Crippen MR) is 121 cm³/mol. The number of allylic oxidation sites excluding steroid dienone is 1. The van der Waals surface area contributed by atoms with E-state index < -0.39 is 0 Å². The molecule has 2 aromatic carbocycles. The molecular formula is C23H21Cl2N3O3. The molecule has 2 aliphatic heterocycles. The second-order valence-electron chi connectivity index (χ2n) is 7.60. The first kappa shape index (κ1) is 21.4. The summed E-state index contributed by atoms with van der Waals surface area (Å²) in [5.41, 5.74) is 2.31. The van der Waals surface area contributed by atoms with E-state index in [0.29, 0.717) is 48.1 Å². The normalized spacial score (nSPS) is 16.9. The Morgan fingerprint density at radius 1 is 1.00 bits per heavy atom. The molecule has 0 atom stereocenters. The van der Waals surface area contributed by atoms with Crippen LogP contribution in [0.1, 0.15) is 28.8 Å². The Morgan fingerprint density at radius 3 is 2.48 bits per heavy atom. The van der Waals surface area contributed by atoms with Gasteiger partial charge in [0.15, 0.2) is 5.78 Å². The number of fused-ring (bicyclic) bond motifs is 1. The first-order valence-corrected chi connectivity index (χ1v) is 10.8. The number of likely N-dealkylation sites (tertiary alicyclic amines) is 1. The molecule has 3 amide bonds. The lowest BCUT2D eigenvalue weighted by Gasteiger charge is -2.40. The number of nitrogens with one attached hydrogen (secondary N) is 1. The number of rotatable bonds is 4. The maximum absolute atomic E-state index is 12.5. The molecule has 0 bridgehead atoms. The Balaban J connectivity index is 1.33. The van der Waals surface area contributed by atoms with Gasteiger partial charge in [0.25, 0.3) is 0 Å². The van der Waals surface area contributed by atoms with Gasteiger partial charge in [0, 0.05) is 43.0 Å². The van der Waals surface area contributed by atoms with E-state index in [1.165, 1.54) is 18.2 Å². The van der Waals surface area contributed by atoms with Crippen LogP contribution in [0.25, 0.3) is 0 Å². The van der Waals surface area contributed by atoms with Crippen LogP contribution in [0.3, 0.4) is 0 Å². The van der Waals surface area contributed by atoms with Crippen molar-refractivity contribution < 1.29 is 14.4 Å². The van der Waals surface area contributed by atoms with Gasteiger partial charge in [-0.15, -0.1) is 0 Å². The molecule has 4 rings (SSSR count). The lowest BCUT2D eigenvalue weighted by Crippen LogP contribution is -2.50. The number of carbonyl (C=O) groups excluding carboxylic acids is 3. The van der Waals surface area contributed by atoms with E-state index in [2.05, 4.69) is 5.32 Å². The topological polar surface area (TPSA) is 69.7 Å². The van der Waals surface area contributed by atoms with Gasteiger partial charge in [-0.25, -0.2) is 4.79 Å². The Bertz CT molecular complexity index is 1060. The van der Waals surface area contributed by atoms with Crippen molar-refractivity contribution in [3.63, 3.8) is 0 Å². The summed E-state index contributed by atoms with van der Waals surface area (Å²) in [4.78, 5) is 40.8. The molecule has 2 heterocycles. The molecule has 2 aromatic rings. The van der Waals surface area contributed by atoms with Crippen molar-refractivity contribution in [2.45, 2.75) is 25.4 Å². The molecule has 0 aromatic heterocycles. The van der Waals surface area contributed by atoms with Gasteiger partial charge in [0.2, 0.25) is 5.91 Å². The second-order valence-corrected chi connectivity index (χ2v) is 8.41. The molecule has 0 aliphatic carbocycles. The van der Waals surface area contributed by atoms with Crippen LogP contribution < -0.4 is 5.32 Å². The summed E-state index contributed by atoms with van der Waals surface area (Å²) >= 11 is 11.8. The summed E-state index contributed by atoms with van der Waals surface area (Å²) in [5.74, 6) is -0.536. The van der Waals surface area contributed by atoms with Crippen molar-refractivity contribution in [2.24, 2.45) is 0 Å². The molecule has 6 nitrogen and oxygen atoms in total. The van der Waals surface area contributed by atoms with Gasteiger partial charge in [-0.05, 0) is 48.7 Å². The molecule has 0 radical (unpaired) electrons. The van der Waals surface area contributed by atoms with Crippen molar-refractivity contribution in [3.05, 3.63) is 75.8 Å². The number of hydrogen-bond acceptors (Lipinski definition) is 3. The monoisotopic (exact) mass is 457 g/mol. The fraction of sp³-hybridized carbons (Fsp3) is 0.261. The molecule has 160 valence electrons. The van der Waals surface area contributed by atoms with E-state index in [-0.39, 0.29) is 23.8 Å². The molecule has 1 N–H and O–H groups in total. The summed E-state index contributed by atoms with van der Waals surface area (Å²) in [6.07, 6.45) is 3.92. The Hall–Kier alpha value is -2.83. The van der Waals surface area contributed by atoms with Gasteiger partial charge in [0.1, 0.15) is 0 Å². The highest BCUT2D eigenvalue weighted by atomic mass is 35.5. The molecular weight excluding hydrogens is 437 g/mol. The number of para-hydroxylation sites is 1. The van der Waals surface area contributed by atoms with Crippen LogP contribution >= 0.6 is 23.2 Å². The summed E-state index contributed by atoms with van der Waals surface area (Å²) in [7, 11) is 0. The second kappa shape index (κ2) is 9.12. The number of ketones is 1. The molecule has 31 heavy (non-hydrogen) atoms. The van der Waals surface area contributed by atoms with Crippen molar-refractivity contribution in [2.75, 3.05) is 18.4 Å². The number of amides is 3. The van der Waals surface area contributed by atoms with E-state index >= 15 is 0 Å². The van der Waals surface area contributed by atoms with Gasteiger partial charge in [0.05, 0.1) is 10.0 Å². The number of nitrogens with zero attached hydrogens (tertiary/aromatic N) is 2. The number of benzene rings is 2. The number of halogens is 2. The minimum Gasteiger partial charge on any atom is -0.339 e. The first-order valence-electron chi connectivity index (χ1n) is 10.0. The molecule has 0 spiro atoms. The average Bonchev–Trinajstić information content (AvgIpc) is 2.78. The summed E-state index contributed by atoms with van der Waals surface area (Å²) in [6.45, 7) is 1.62. The van der Waals surface area contributed by atoms with Gasteiger partial charge in [-0.3, -0.25) is 9.59 Å². The summed E-state index contributed by atoms with van der Waals surface area (Å²) in [5, 5.41) is 3.60. The third-order valence-electron chi connectivity index (χ3n) is 5.66. The summed E-state index contributed by atoms with van der Waals surface area (Å²) in [6, 6.07) is 12.3. The van der Waals surface area contributed by atoms with E-state index in [0.717, 1.165) is 11.3 Å². The average molecular weight is 458 g/mol. The zero-order chi connectivity index (χ0) is 22.0. The van der Waals surface area contributed by atoms with Crippen molar-refractivity contribution >= 4 is 46.6 Å². The first-order chi connectivity index (χ1) is 14.9.